The maximum absolute atomic E-state index is 13.0. The highest BCUT2D eigenvalue weighted by Crippen LogP contribution is 2.31. The summed E-state index contributed by atoms with van der Waals surface area (Å²) < 4.78 is 11.6. The number of alkyl halides is 1. The summed E-state index contributed by atoms with van der Waals surface area (Å²) in [5, 5.41) is 36.2. The van der Waals surface area contributed by atoms with Crippen LogP contribution in [0.3, 0.4) is 0 Å². The zero-order valence-corrected chi connectivity index (χ0v) is 17.5. The molecule has 0 aromatic heterocycles. The Kier molecular flexibility index (Phi) is 7.66. The minimum atomic E-state index is -1.39. The standard InChI is InChI=1S/C18H29ClN2O6S/c1-8(19)10(16-13(23)12(22)14(24)18(27-16)28-2)21-17(25)11-15-9(7-20-11)5-3-4-6-26-15/h3-4,8-16,18,20,22-24H,5-7H2,1-2H3,(H,21,25)/t8-,9-,10+,11-,12?,13-,14+,15+,16+,18?/m0/s1. The van der Waals surface area contributed by atoms with Gasteiger partial charge in [0.05, 0.1) is 24.1 Å². The molecule has 3 aliphatic heterocycles. The van der Waals surface area contributed by atoms with Crippen molar-refractivity contribution in [2.75, 3.05) is 19.4 Å². The second kappa shape index (κ2) is 9.61. The number of thioether (sulfide) groups is 1. The van der Waals surface area contributed by atoms with E-state index >= 15 is 0 Å². The molecular weight excluding hydrogens is 408 g/mol. The largest absolute Gasteiger partial charge is 0.388 e. The summed E-state index contributed by atoms with van der Waals surface area (Å²) >= 11 is 7.53. The van der Waals surface area contributed by atoms with Gasteiger partial charge in [-0.05, 0) is 19.6 Å². The Morgan fingerprint density at radius 1 is 1.29 bits per heavy atom. The lowest BCUT2D eigenvalue weighted by molar-refractivity contribution is -0.205. The van der Waals surface area contributed by atoms with E-state index in [1.54, 1.807) is 13.2 Å². The maximum Gasteiger partial charge on any atom is 0.240 e. The van der Waals surface area contributed by atoms with Crippen LogP contribution >= 0.6 is 23.4 Å². The maximum atomic E-state index is 13.0. The molecule has 0 spiro atoms. The summed E-state index contributed by atoms with van der Waals surface area (Å²) in [6, 6.07) is -1.29. The van der Waals surface area contributed by atoms with E-state index in [0.717, 1.165) is 6.42 Å². The van der Waals surface area contributed by atoms with Crippen molar-refractivity contribution in [1.29, 1.82) is 0 Å². The van der Waals surface area contributed by atoms with E-state index in [9.17, 15) is 20.1 Å². The molecule has 28 heavy (non-hydrogen) atoms. The van der Waals surface area contributed by atoms with Gasteiger partial charge in [0, 0.05) is 12.5 Å². The summed E-state index contributed by atoms with van der Waals surface area (Å²) in [6.07, 6.45) is 1.39. The van der Waals surface area contributed by atoms with Gasteiger partial charge >= 0.3 is 0 Å². The van der Waals surface area contributed by atoms with Gasteiger partial charge in [0.15, 0.2) is 0 Å². The lowest BCUT2D eigenvalue weighted by Gasteiger charge is -2.44. The fourth-order valence-corrected chi connectivity index (χ4v) is 4.94. The van der Waals surface area contributed by atoms with Crippen LogP contribution in [0.2, 0.25) is 0 Å². The molecule has 0 radical (unpaired) electrons. The van der Waals surface area contributed by atoms with E-state index in [1.165, 1.54) is 11.8 Å². The Morgan fingerprint density at radius 3 is 2.71 bits per heavy atom. The van der Waals surface area contributed by atoms with E-state index < -0.39 is 47.3 Å². The van der Waals surface area contributed by atoms with Gasteiger partial charge in [-0.1, -0.05) is 12.2 Å². The smallest absolute Gasteiger partial charge is 0.240 e. The molecular formula is C18H29ClN2O6S. The van der Waals surface area contributed by atoms with Gasteiger partial charge < -0.3 is 35.4 Å². The highest BCUT2D eigenvalue weighted by molar-refractivity contribution is 7.99. The SMILES string of the molecule is CSC1O[C@H]([C@H](NC(=O)[C@H]2NC[C@@H]3CC=CCO[C@H]32)[C@H](C)Cl)[C@@H](O)C(O)[C@H]1O. The predicted octanol–water partition coefficient (Wildman–Crippen LogP) is -0.798. The fourth-order valence-electron chi connectivity index (χ4n) is 4.06. The number of fused-ring (bicyclic) bond motifs is 1. The third-order valence-corrected chi connectivity index (χ3v) is 6.79. The third-order valence-electron chi connectivity index (χ3n) is 5.66. The highest BCUT2D eigenvalue weighted by atomic mass is 35.5. The molecule has 1 amide bonds. The molecule has 2 unspecified atom stereocenters. The quantitative estimate of drug-likeness (QED) is 0.281. The average Bonchev–Trinajstić information content (AvgIpc) is 2.93. The molecule has 0 bridgehead atoms. The Morgan fingerprint density at radius 2 is 2.04 bits per heavy atom. The molecule has 3 heterocycles. The van der Waals surface area contributed by atoms with E-state index in [-0.39, 0.29) is 17.9 Å². The number of nitrogens with one attached hydrogen (secondary N) is 2. The fraction of sp³-hybridized carbons (Fsp3) is 0.833. The first-order valence-electron chi connectivity index (χ1n) is 9.52. The van der Waals surface area contributed by atoms with Gasteiger partial charge in [0.2, 0.25) is 5.91 Å². The highest BCUT2D eigenvalue weighted by Gasteiger charge is 2.49. The number of hydrogen-bond acceptors (Lipinski definition) is 8. The van der Waals surface area contributed by atoms with Crippen molar-refractivity contribution in [2.24, 2.45) is 5.92 Å². The number of allylic oxidation sites excluding steroid dienone is 1. The molecule has 5 N–H and O–H groups in total. The molecule has 0 aliphatic carbocycles. The van der Waals surface area contributed by atoms with E-state index in [4.69, 9.17) is 21.1 Å². The van der Waals surface area contributed by atoms with Crippen LogP contribution in [0.4, 0.5) is 0 Å². The van der Waals surface area contributed by atoms with Crippen molar-refractivity contribution in [3.05, 3.63) is 12.2 Å². The number of ether oxygens (including phenoxy) is 2. The molecule has 2 saturated heterocycles. The van der Waals surface area contributed by atoms with Gasteiger partial charge in [0.1, 0.15) is 35.9 Å². The Balaban J connectivity index is 1.71. The molecule has 0 aromatic rings. The Hall–Kier alpha value is -0.390. The van der Waals surface area contributed by atoms with Crippen LogP contribution in [0.5, 0.6) is 0 Å². The number of aliphatic hydroxyl groups is 3. The van der Waals surface area contributed by atoms with Crippen LogP contribution in [0, 0.1) is 5.92 Å². The summed E-state index contributed by atoms with van der Waals surface area (Å²) in [7, 11) is 0. The molecule has 8 nitrogen and oxygen atoms in total. The monoisotopic (exact) mass is 436 g/mol. The predicted molar refractivity (Wildman–Crippen MR) is 106 cm³/mol. The number of hydrogen-bond donors (Lipinski definition) is 5. The molecule has 3 rings (SSSR count). The molecule has 10 atom stereocenters. The third kappa shape index (κ3) is 4.52. The molecule has 0 saturated carbocycles. The number of amides is 1. The summed E-state index contributed by atoms with van der Waals surface area (Å²) in [5.74, 6) is -0.0697. The number of carbonyl (C=O) groups is 1. The molecule has 3 aliphatic rings. The van der Waals surface area contributed by atoms with Crippen LogP contribution in [-0.4, -0.2) is 94.1 Å². The van der Waals surface area contributed by atoms with Gasteiger partial charge in [-0.2, -0.15) is 0 Å². The van der Waals surface area contributed by atoms with Crippen LogP contribution in [0.1, 0.15) is 13.3 Å². The van der Waals surface area contributed by atoms with Gasteiger partial charge in [-0.25, -0.2) is 0 Å². The minimum absolute atomic E-state index is 0.218. The summed E-state index contributed by atoms with van der Waals surface area (Å²) in [4.78, 5) is 13.0. The van der Waals surface area contributed by atoms with Crippen molar-refractivity contribution in [3.63, 3.8) is 0 Å². The number of halogens is 1. The first kappa shape index (κ1) is 22.3. The van der Waals surface area contributed by atoms with Crippen LogP contribution in [0.25, 0.3) is 0 Å². The number of aliphatic hydroxyl groups excluding tert-OH is 3. The zero-order valence-electron chi connectivity index (χ0n) is 15.9. The first-order valence-corrected chi connectivity index (χ1v) is 11.2. The van der Waals surface area contributed by atoms with Crippen molar-refractivity contribution in [1.82, 2.24) is 10.6 Å². The number of carbonyl (C=O) groups excluding carboxylic acids is 1. The van der Waals surface area contributed by atoms with Crippen molar-refractivity contribution < 1.29 is 29.6 Å². The first-order chi connectivity index (χ1) is 13.3. The van der Waals surface area contributed by atoms with Crippen molar-refractivity contribution >= 4 is 29.3 Å². The second-order valence-electron chi connectivity index (χ2n) is 7.54. The molecule has 160 valence electrons. The number of rotatable bonds is 5. The van der Waals surface area contributed by atoms with E-state index in [1.807, 2.05) is 6.08 Å². The Labute approximate surface area is 174 Å². The lowest BCUT2D eigenvalue weighted by atomic mass is 9.92. The van der Waals surface area contributed by atoms with Gasteiger partial charge in [-0.3, -0.25) is 4.79 Å². The Bertz CT molecular complexity index is 580. The zero-order chi connectivity index (χ0) is 20.4. The van der Waals surface area contributed by atoms with Crippen molar-refractivity contribution in [2.45, 2.75) is 66.8 Å². The molecule has 2 fully saturated rings. The van der Waals surface area contributed by atoms with Crippen molar-refractivity contribution in [3.8, 4) is 0 Å². The summed E-state index contributed by atoms with van der Waals surface area (Å²) in [6.45, 7) is 2.83. The normalized spacial score (nSPS) is 43.1. The van der Waals surface area contributed by atoms with Crippen LogP contribution < -0.4 is 10.6 Å². The second-order valence-corrected chi connectivity index (χ2v) is 9.16. The van der Waals surface area contributed by atoms with E-state index in [0.29, 0.717) is 13.2 Å². The van der Waals surface area contributed by atoms with Gasteiger partial charge in [0.25, 0.3) is 0 Å². The van der Waals surface area contributed by atoms with Crippen LogP contribution in [0.15, 0.2) is 12.2 Å². The lowest BCUT2D eigenvalue weighted by Crippen LogP contribution is -2.65. The van der Waals surface area contributed by atoms with E-state index in [2.05, 4.69) is 16.7 Å². The van der Waals surface area contributed by atoms with Gasteiger partial charge in [-0.15, -0.1) is 23.4 Å². The molecule has 0 aromatic carbocycles. The minimum Gasteiger partial charge on any atom is -0.388 e. The average molecular weight is 437 g/mol. The molecule has 10 heteroatoms. The van der Waals surface area contributed by atoms with Crippen LogP contribution in [-0.2, 0) is 14.3 Å². The summed E-state index contributed by atoms with van der Waals surface area (Å²) in [5.41, 5.74) is -0.733. The topological polar surface area (TPSA) is 120 Å².